The van der Waals surface area contributed by atoms with Crippen molar-refractivity contribution in [3.63, 3.8) is 0 Å². The number of H-pyrrole nitrogens is 2. The predicted octanol–water partition coefficient (Wildman–Crippen LogP) is 4.19. The average Bonchev–Trinajstić information content (AvgIpc) is 3.22. The van der Waals surface area contributed by atoms with Crippen LogP contribution < -0.4 is 9.47 Å². The third-order valence-electron chi connectivity index (χ3n) is 3.69. The number of benzene rings is 1. The third kappa shape index (κ3) is 2.46. The second-order valence-electron chi connectivity index (χ2n) is 4.89. The Morgan fingerprint density at radius 1 is 0.909 bits per heavy atom. The highest BCUT2D eigenvalue weighted by atomic mass is 35.5. The highest BCUT2D eigenvalue weighted by Gasteiger charge is 2.25. The van der Waals surface area contributed by atoms with E-state index in [9.17, 15) is 0 Å². The Labute approximate surface area is 134 Å². The van der Waals surface area contributed by atoms with E-state index < -0.39 is 0 Å². The zero-order valence-electron chi connectivity index (χ0n) is 12.4. The number of nitrogens with one attached hydrogen (secondary N) is 2. The number of aromatic amines is 2. The molecule has 0 spiro atoms. The van der Waals surface area contributed by atoms with Gasteiger partial charge in [0.15, 0.2) is 0 Å². The van der Waals surface area contributed by atoms with Crippen molar-refractivity contribution >= 4 is 11.6 Å². The molecule has 3 rings (SSSR count). The van der Waals surface area contributed by atoms with Crippen molar-refractivity contribution < 1.29 is 9.47 Å². The van der Waals surface area contributed by atoms with Gasteiger partial charge in [-0.05, 0) is 30.3 Å². The van der Waals surface area contributed by atoms with Gasteiger partial charge in [0.2, 0.25) is 0 Å². The molecule has 0 aliphatic carbocycles. The molecule has 4 nitrogen and oxygen atoms in total. The molecule has 0 bridgehead atoms. The topological polar surface area (TPSA) is 50.0 Å². The fourth-order valence-electron chi connectivity index (χ4n) is 2.70. The van der Waals surface area contributed by atoms with E-state index in [-0.39, 0.29) is 5.92 Å². The minimum atomic E-state index is -0.0247. The van der Waals surface area contributed by atoms with Crippen LogP contribution in [0.15, 0.2) is 48.8 Å². The fraction of sp³-hybridized carbons (Fsp3) is 0.176. The standard InChI is InChI=1S/C17H17ClN2O2/c1-21-14-8-7-11(17(22-2)16(14)18)15(12-5-3-9-19-12)13-6-4-10-20-13/h3-10,15,19-20H,1-2H3. The molecule has 114 valence electrons. The van der Waals surface area contributed by atoms with Crippen molar-refractivity contribution in [3.05, 3.63) is 70.8 Å². The van der Waals surface area contributed by atoms with Gasteiger partial charge in [0.25, 0.3) is 0 Å². The van der Waals surface area contributed by atoms with Crippen LogP contribution in [0.25, 0.3) is 0 Å². The van der Waals surface area contributed by atoms with E-state index in [1.807, 2.05) is 48.8 Å². The zero-order chi connectivity index (χ0) is 15.5. The summed E-state index contributed by atoms with van der Waals surface area (Å²) in [7, 11) is 3.21. The van der Waals surface area contributed by atoms with Crippen molar-refractivity contribution in [3.8, 4) is 11.5 Å². The highest BCUT2D eigenvalue weighted by Crippen LogP contribution is 2.43. The molecule has 5 heteroatoms. The van der Waals surface area contributed by atoms with Gasteiger partial charge in [-0.2, -0.15) is 0 Å². The molecule has 2 aromatic heterocycles. The van der Waals surface area contributed by atoms with Gasteiger partial charge in [0.1, 0.15) is 16.5 Å². The number of halogens is 1. The third-order valence-corrected chi connectivity index (χ3v) is 4.05. The first-order valence-corrected chi connectivity index (χ1v) is 7.31. The Bertz CT molecular complexity index is 702. The van der Waals surface area contributed by atoms with Gasteiger partial charge in [-0.15, -0.1) is 0 Å². The van der Waals surface area contributed by atoms with Crippen LogP contribution in [-0.4, -0.2) is 24.2 Å². The summed E-state index contributed by atoms with van der Waals surface area (Å²) in [6, 6.07) is 11.9. The number of ether oxygens (including phenoxy) is 2. The molecule has 0 aliphatic heterocycles. The van der Waals surface area contributed by atoms with E-state index in [0.717, 1.165) is 17.0 Å². The van der Waals surface area contributed by atoms with E-state index in [1.165, 1.54) is 0 Å². The van der Waals surface area contributed by atoms with E-state index in [1.54, 1.807) is 14.2 Å². The van der Waals surface area contributed by atoms with Crippen LogP contribution in [0.2, 0.25) is 5.02 Å². The second-order valence-corrected chi connectivity index (χ2v) is 5.27. The largest absolute Gasteiger partial charge is 0.495 e. The summed E-state index contributed by atoms with van der Waals surface area (Å²) in [4.78, 5) is 6.55. The number of aromatic nitrogens is 2. The zero-order valence-corrected chi connectivity index (χ0v) is 13.1. The molecule has 0 saturated heterocycles. The summed E-state index contributed by atoms with van der Waals surface area (Å²) >= 11 is 6.41. The van der Waals surface area contributed by atoms with Gasteiger partial charge in [0, 0.05) is 29.3 Å². The van der Waals surface area contributed by atoms with E-state index in [4.69, 9.17) is 21.1 Å². The summed E-state index contributed by atoms with van der Waals surface area (Å²) in [5, 5.41) is 0.477. The number of hydrogen-bond donors (Lipinski definition) is 2. The van der Waals surface area contributed by atoms with Crippen molar-refractivity contribution in [2.75, 3.05) is 14.2 Å². The summed E-state index contributed by atoms with van der Waals surface area (Å²) < 4.78 is 10.8. The van der Waals surface area contributed by atoms with Crippen LogP contribution in [-0.2, 0) is 0 Å². The lowest BCUT2D eigenvalue weighted by molar-refractivity contribution is 0.391. The Morgan fingerprint density at radius 3 is 2.00 bits per heavy atom. The Balaban J connectivity index is 2.19. The lowest BCUT2D eigenvalue weighted by atomic mass is 9.91. The number of methoxy groups -OCH3 is 2. The van der Waals surface area contributed by atoms with Gasteiger partial charge < -0.3 is 19.4 Å². The minimum absolute atomic E-state index is 0.0247. The van der Waals surface area contributed by atoms with Gasteiger partial charge in [-0.3, -0.25) is 0 Å². The normalized spacial score (nSPS) is 10.9. The molecule has 0 saturated carbocycles. The summed E-state index contributed by atoms with van der Waals surface area (Å²) in [5.41, 5.74) is 3.09. The van der Waals surface area contributed by atoms with Crippen LogP contribution in [0.3, 0.4) is 0 Å². The smallest absolute Gasteiger partial charge is 0.145 e. The van der Waals surface area contributed by atoms with Crippen LogP contribution in [0.5, 0.6) is 11.5 Å². The molecule has 2 N–H and O–H groups in total. The van der Waals surface area contributed by atoms with Crippen molar-refractivity contribution in [2.24, 2.45) is 0 Å². The molecule has 0 aliphatic rings. The maximum atomic E-state index is 6.41. The quantitative estimate of drug-likeness (QED) is 0.741. The molecule has 2 heterocycles. The van der Waals surface area contributed by atoms with Crippen LogP contribution >= 0.6 is 11.6 Å². The molecule has 1 aromatic carbocycles. The van der Waals surface area contributed by atoms with Crippen LogP contribution in [0, 0.1) is 0 Å². The molecule has 22 heavy (non-hydrogen) atoms. The predicted molar refractivity (Wildman–Crippen MR) is 87.1 cm³/mol. The Morgan fingerprint density at radius 2 is 1.55 bits per heavy atom. The van der Waals surface area contributed by atoms with Crippen molar-refractivity contribution in [1.29, 1.82) is 0 Å². The van der Waals surface area contributed by atoms with Crippen LogP contribution in [0.1, 0.15) is 22.9 Å². The van der Waals surface area contributed by atoms with Crippen molar-refractivity contribution in [2.45, 2.75) is 5.92 Å². The average molecular weight is 317 g/mol. The molecular formula is C17H17ClN2O2. The molecular weight excluding hydrogens is 300 g/mol. The summed E-state index contributed by atoms with van der Waals surface area (Å²) in [6.45, 7) is 0. The molecule has 0 fully saturated rings. The first kappa shape index (κ1) is 14.6. The second kappa shape index (κ2) is 6.20. The summed E-state index contributed by atoms with van der Waals surface area (Å²) in [6.07, 6.45) is 3.81. The first-order valence-electron chi connectivity index (χ1n) is 6.93. The van der Waals surface area contributed by atoms with E-state index in [2.05, 4.69) is 9.97 Å². The maximum Gasteiger partial charge on any atom is 0.145 e. The molecule has 3 aromatic rings. The summed E-state index contributed by atoms with van der Waals surface area (Å²) in [5.74, 6) is 1.19. The van der Waals surface area contributed by atoms with Gasteiger partial charge >= 0.3 is 0 Å². The van der Waals surface area contributed by atoms with E-state index >= 15 is 0 Å². The minimum Gasteiger partial charge on any atom is -0.495 e. The number of hydrogen-bond acceptors (Lipinski definition) is 2. The van der Waals surface area contributed by atoms with Gasteiger partial charge in [0.05, 0.1) is 20.1 Å². The van der Waals surface area contributed by atoms with Gasteiger partial charge in [-0.1, -0.05) is 17.7 Å². The van der Waals surface area contributed by atoms with Crippen LogP contribution in [0.4, 0.5) is 0 Å². The molecule has 0 atom stereocenters. The molecule has 0 unspecified atom stereocenters. The molecule has 0 amide bonds. The Hall–Kier alpha value is -2.33. The first-order chi connectivity index (χ1) is 10.8. The highest BCUT2D eigenvalue weighted by molar-refractivity contribution is 6.33. The lowest BCUT2D eigenvalue weighted by Gasteiger charge is -2.20. The SMILES string of the molecule is COc1ccc(C(c2ccc[nH]2)c2ccc[nH]2)c(OC)c1Cl. The molecule has 0 radical (unpaired) electrons. The fourth-order valence-corrected chi connectivity index (χ4v) is 3.02. The maximum absolute atomic E-state index is 6.41. The number of rotatable bonds is 5. The lowest BCUT2D eigenvalue weighted by Crippen LogP contribution is -2.07. The van der Waals surface area contributed by atoms with Gasteiger partial charge in [-0.25, -0.2) is 0 Å². The van der Waals surface area contributed by atoms with E-state index in [0.29, 0.717) is 16.5 Å². The Kier molecular flexibility index (Phi) is 4.11. The van der Waals surface area contributed by atoms with Crippen molar-refractivity contribution in [1.82, 2.24) is 9.97 Å². The monoisotopic (exact) mass is 316 g/mol.